The maximum Gasteiger partial charge on any atom is 0.335 e. The summed E-state index contributed by atoms with van der Waals surface area (Å²) in [6.07, 6.45) is 1.81. The zero-order valence-corrected chi connectivity index (χ0v) is 13.8. The van der Waals surface area contributed by atoms with Crippen molar-refractivity contribution in [1.82, 2.24) is 0 Å². The largest absolute Gasteiger partial charge is 0.479 e. The molecule has 0 aliphatic rings. The molecule has 0 aliphatic carbocycles. The zero-order chi connectivity index (χ0) is 17.7. The van der Waals surface area contributed by atoms with Gasteiger partial charge < -0.3 is 30.0 Å². The summed E-state index contributed by atoms with van der Waals surface area (Å²) in [4.78, 5) is 21.4. The normalized spacial score (nSPS) is 16.5. The van der Waals surface area contributed by atoms with Gasteiger partial charge >= 0.3 is 5.97 Å². The SMILES string of the molecule is CCCCCCCCCCO[C@@H](C=O)[C@@H](O)[C@H](O)[C@H](O)C(=O)O. The number of hydrogen-bond acceptors (Lipinski definition) is 6. The van der Waals surface area contributed by atoms with E-state index >= 15 is 0 Å². The van der Waals surface area contributed by atoms with Crippen molar-refractivity contribution >= 4 is 12.3 Å². The number of ether oxygens (including phenoxy) is 1. The maximum atomic E-state index is 10.9. The summed E-state index contributed by atoms with van der Waals surface area (Å²) in [6.45, 7) is 2.40. The van der Waals surface area contributed by atoms with Crippen molar-refractivity contribution in [3.63, 3.8) is 0 Å². The van der Waals surface area contributed by atoms with Crippen molar-refractivity contribution in [2.45, 2.75) is 82.7 Å². The minimum absolute atomic E-state index is 0.227. The number of carbonyl (C=O) groups excluding carboxylic acids is 1. The molecule has 4 atom stereocenters. The molecule has 4 N–H and O–H groups in total. The molecule has 0 fully saturated rings. The Kier molecular flexibility index (Phi) is 12.8. The Morgan fingerprint density at radius 2 is 1.48 bits per heavy atom. The summed E-state index contributed by atoms with van der Waals surface area (Å²) in [5.41, 5.74) is 0. The van der Waals surface area contributed by atoms with Gasteiger partial charge in [-0.25, -0.2) is 4.79 Å². The molecule has 0 aromatic carbocycles. The van der Waals surface area contributed by atoms with Crippen LogP contribution in [0.25, 0.3) is 0 Å². The number of rotatable bonds is 15. The van der Waals surface area contributed by atoms with E-state index in [2.05, 4.69) is 6.92 Å². The Balaban J connectivity index is 3.88. The Hall–Kier alpha value is -1.02. The maximum absolute atomic E-state index is 10.9. The van der Waals surface area contributed by atoms with Crippen LogP contribution < -0.4 is 0 Å². The number of aldehydes is 1. The highest BCUT2D eigenvalue weighted by atomic mass is 16.5. The molecule has 0 bridgehead atoms. The predicted octanol–water partition coefficient (Wildman–Crippen LogP) is 0.878. The molecule has 7 nitrogen and oxygen atoms in total. The van der Waals surface area contributed by atoms with Crippen LogP contribution in [0.2, 0.25) is 0 Å². The number of hydrogen-bond donors (Lipinski definition) is 4. The highest BCUT2D eigenvalue weighted by Gasteiger charge is 2.35. The van der Waals surface area contributed by atoms with Crippen LogP contribution in [0, 0.1) is 0 Å². The van der Waals surface area contributed by atoms with Gasteiger partial charge in [-0.15, -0.1) is 0 Å². The molecule has 0 saturated carbocycles. The number of aliphatic carboxylic acids is 1. The molecule has 0 aliphatic heterocycles. The summed E-state index contributed by atoms with van der Waals surface area (Å²) in [6, 6.07) is 0. The second-order valence-electron chi connectivity index (χ2n) is 5.71. The zero-order valence-electron chi connectivity index (χ0n) is 13.8. The molecule has 0 heterocycles. The third kappa shape index (κ3) is 9.65. The summed E-state index contributed by atoms with van der Waals surface area (Å²) < 4.78 is 5.17. The lowest BCUT2D eigenvalue weighted by atomic mass is 10.0. The molecule has 0 spiro atoms. The second-order valence-corrected chi connectivity index (χ2v) is 5.71. The van der Waals surface area contributed by atoms with Crippen molar-refractivity contribution in [1.29, 1.82) is 0 Å². The molecule has 0 aromatic rings. The van der Waals surface area contributed by atoms with Gasteiger partial charge in [0.1, 0.15) is 18.3 Å². The molecule has 23 heavy (non-hydrogen) atoms. The van der Waals surface area contributed by atoms with Gasteiger partial charge in [-0.3, -0.25) is 0 Å². The molecule has 0 unspecified atom stereocenters. The van der Waals surface area contributed by atoms with Crippen LogP contribution in [-0.2, 0) is 14.3 Å². The van der Waals surface area contributed by atoms with E-state index in [-0.39, 0.29) is 6.61 Å². The molecule has 7 heteroatoms. The molecule has 0 saturated heterocycles. The van der Waals surface area contributed by atoms with Crippen LogP contribution in [0.5, 0.6) is 0 Å². The van der Waals surface area contributed by atoms with Gasteiger partial charge in [0.15, 0.2) is 12.4 Å². The average Bonchev–Trinajstić information content (AvgIpc) is 2.54. The van der Waals surface area contributed by atoms with Gasteiger partial charge in [-0.2, -0.15) is 0 Å². The number of carboxylic acid groups (broad SMARTS) is 1. The van der Waals surface area contributed by atoms with E-state index in [0.29, 0.717) is 12.7 Å². The van der Waals surface area contributed by atoms with E-state index in [1.54, 1.807) is 0 Å². The minimum Gasteiger partial charge on any atom is -0.479 e. The van der Waals surface area contributed by atoms with Crippen molar-refractivity contribution in [3.05, 3.63) is 0 Å². The van der Waals surface area contributed by atoms with Crippen molar-refractivity contribution in [2.75, 3.05) is 6.61 Å². The first-order valence-corrected chi connectivity index (χ1v) is 8.29. The third-order valence-electron chi connectivity index (χ3n) is 3.71. The fourth-order valence-electron chi connectivity index (χ4n) is 2.20. The molecule has 0 rings (SSSR count). The summed E-state index contributed by atoms with van der Waals surface area (Å²) >= 11 is 0. The van der Waals surface area contributed by atoms with Gasteiger partial charge in [-0.05, 0) is 6.42 Å². The van der Waals surface area contributed by atoms with E-state index in [9.17, 15) is 19.8 Å². The topological polar surface area (TPSA) is 124 Å². The number of aliphatic hydroxyl groups is 3. The first-order chi connectivity index (χ1) is 11.0. The van der Waals surface area contributed by atoms with Crippen LogP contribution in [0.1, 0.15) is 58.3 Å². The lowest BCUT2D eigenvalue weighted by Crippen LogP contribution is -2.49. The standard InChI is InChI=1S/C16H30O7/c1-2-3-4-5-6-7-8-9-10-23-12(11-17)13(18)14(19)15(20)16(21)22/h11-15,18-20H,2-10H2,1H3,(H,21,22)/t12-,13+,14-,15-/m0/s1. The lowest BCUT2D eigenvalue weighted by molar-refractivity contribution is -0.166. The lowest BCUT2D eigenvalue weighted by Gasteiger charge is -2.24. The van der Waals surface area contributed by atoms with Crippen LogP contribution in [0.4, 0.5) is 0 Å². The van der Waals surface area contributed by atoms with Crippen LogP contribution in [0.15, 0.2) is 0 Å². The van der Waals surface area contributed by atoms with E-state index < -0.39 is 30.4 Å². The Morgan fingerprint density at radius 3 is 1.96 bits per heavy atom. The second kappa shape index (κ2) is 13.4. The average molecular weight is 334 g/mol. The van der Waals surface area contributed by atoms with Gasteiger partial charge in [0.2, 0.25) is 0 Å². The highest BCUT2D eigenvalue weighted by Crippen LogP contribution is 2.11. The number of carboxylic acids is 1. The number of unbranched alkanes of at least 4 members (excludes halogenated alkanes) is 7. The van der Waals surface area contributed by atoms with Crippen LogP contribution in [-0.4, -0.2) is 63.7 Å². The quantitative estimate of drug-likeness (QED) is 0.259. The first-order valence-electron chi connectivity index (χ1n) is 8.29. The van der Waals surface area contributed by atoms with E-state index in [0.717, 1.165) is 19.3 Å². The smallest absolute Gasteiger partial charge is 0.335 e. The summed E-state index contributed by atoms with van der Waals surface area (Å²) in [5.74, 6) is -1.68. The molecular formula is C16H30O7. The minimum atomic E-state index is -2.17. The van der Waals surface area contributed by atoms with Crippen LogP contribution in [0.3, 0.4) is 0 Å². The number of carbonyl (C=O) groups is 2. The first kappa shape index (κ1) is 22.0. The Labute approximate surface area is 137 Å². The van der Waals surface area contributed by atoms with E-state index in [1.807, 2.05) is 0 Å². The van der Waals surface area contributed by atoms with Gasteiger partial charge in [0.25, 0.3) is 0 Å². The summed E-state index contributed by atoms with van der Waals surface area (Å²) in [7, 11) is 0. The van der Waals surface area contributed by atoms with E-state index in [4.69, 9.17) is 14.9 Å². The van der Waals surface area contributed by atoms with Crippen molar-refractivity contribution in [2.24, 2.45) is 0 Å². The molecular weight excluding hydrogens is 304 g/mol. The predicted molar refractivity (Wildman–Crippen MR) is 84.1 cm³/mol. The van der Waals surface area contributed by atoms with Gasteiger partial charge in [0, 0.05) is 6.61 Å². The van der Waals surface area contributed by atoms with Crippen molar-refractivity contribution in [3.8, 4) is 0 Å². The summed E-state index contributed by atoms with van der Waals surface area (Å²) in [5, 5.41) is 36.9. The van der Waals surface area contributed by atoms with E-state index in [1.165, 1.54) is 25.7 Å². The molecule has 0 amide bonds. The fourth-order valence-corrected chi connectivity index (χ4v) is 2.20. The molecule has 0 radical (unpaired) electrons. The Morgan fingerprint density at radius 1 is 0.957 bits per heavy atom. The van der Waals surface area contributed by atoms with Gasteiger partial charge in [0.05, 0.1) is 0 Å². The fraction of sp³-hybridized carbons (Fsp3) is 0.875. The Bertz CT molecular complexity index is 322. The molecule has 0 aromatic heterocycles. The number of aliphatic hydroxyl groups excluding tert-OH is 3. The van der Waals surface area contributed by atoms with Gasteiger partial charge in [-0.1, -0.05) is 51.9 Å². The van der Waals surface area contributed by atoms with Crippen molar-refractivity contribution < 1.29 is 34.8 Å². The van der Waals surface area contributed by atoms with Crippen LogP contribution >= 0.6 is 0 Å². The third-order valence-corrected chi connectivity index (χ3v) is 3.71. The monoisotopic (exact) mass is 334 g/mol. The molecule has 136 valence electrons. The highest BCUT2D eigenvalue weighted by molar-refractivity contribution is 5.73.